The Hall–Kier alpha value is -1.14. The number of rotatable bonds is 7. The molecule has 2 atom stereocenters. The first-order valence-corrected chi connectivity index (χ1v) is 4.87. The third kappa shape index (κ3) is 5.34. The fraction of sp³-hybridized carbons (Fsp3) is 0.778. The average molecular weight is 218 g/mol. The molecule has 4 N–H and O–H groups in total. The smallest absolute Gasteiger partial charge is 0.328 e. The molecule has 0 radical (unpaired) electrons. The van der Waals surface area contributed by atoms with Gasteiger partial charge in [-0.25, -0.2) is 4.79 Å². The van der Waals surface area contributed by atoms with Gasteiger partial charge in [0.05, 0.1) is 6.61 Å². The second-order valence-corrected chi connectivity index (χ2v) is 3.29. The summed E-state index contributed by atoms with van der Waals surface area (Å²) in [5.74, 6) is -1.93. The highest BCUT2D eigenvalue weighted by atomic mass is 16.4. The molecule has 0 aliphatic carbocycles. The van der Waals surface area contributed by atoms with E-state index in [9.17, 15) is 9.59 Å². The summed E-state index contributed by atoms with van der Waals surface area (Å²) in [7, 11) is 0. The summed E-state index contributed by atoms with van der Waals surface area (Å²) < 4.78 is 0. The minimum Gasteiger partial charge on any atom is -0.480 e. The maximum atomic E-state index is 11.4. The van der Waals surface area contributed by atoms with Gasteiger partial charge < -0.3 is 20.8 Å². The van der Waals surface area contributed by atoms with Gasteiger partial charge in [-0.15, -0.1) is 0 Å². The lowest BCUT2D eigenvalue weighted by atomic mass is 10.1. The molecule has 88 valence electrons. The predicted molar refractivity (Wildman–Crippen MR) is 54.4 cm³/mol. The monoisotopic (exact) mass is 218 g/mol. The zero-order chi connectivity index (χ0) is 11.8. The highest BCUT2D eigenvalue weighted by Crippen LogP contribution is 1.94. The van der Waals surface area contributed by atoms with Crippen molar-refractivity contribution in [3.8, 4) is 0 Å². The quantitative estimate of drug-likeness (QED) is 0.430. The summed E-state index contributed by atoms with van der Waals surface area (Å²) in [6, 6.07) is -1.22. The van der Waals surface area contributed by atoms with Crippen LogP contribution in [0.25, 0.3) is 0 Å². The molecule has 0 aromatic rings. The molecule has 2 unspecified atom stereocenters. The number of aliphatic carboxylic acids is 1. The van der Waals surface area contributed by atoms with Crippen LogP contribution < -0.4 is 10.6 Å². The third-order valence-electron chi connectivity index (χ3n) is 1.95. The third-order valence-corrected chi connectivity index (χ3v) is 1.95. The van der Waals surface area contributed by atoms with Crippen molar-refractivity contribution in [2.45, 2.75) is 19.9 Å². The Morgan fingerprint density at radius 3 is 2.40 bits per heavy atom. The van der Waals surface area contributed by atoms with E-state index in [1.165, 1.54) is 0 Å². The van der Waals surface area contributed by atoms with Crippen molar-refractivity contribution in [2.75, 3.05) is 19.7 Å². The predicted octanol–water partition coefficient (Wildman–Crippen LogP) is -1.21. The van der Waals surface area contributed by atoms with Crippen LogP contribution in [0.1, 0.15) is 13.8 Å². The lowest BCUT2D eigenvalue weighted by Crippen LogP contribution is -2.46. The first kappa shape index (κ1) is 13.9. The van der Waals surface area contributed by atoms with E-state index in [2.05, 4.69) is 10.6 Å². The summed E-state index contributed by atoms with van der Waals surface area (Å²) in [5, 5.41) is 22.5. The number of carbonyl (C=O) groups is 2. The van der Waals surface area contributed by atoms with Crippen LogP contribution in [0.3, 0.4) is 0 Å². The topological polar surface area (TPSA) is 98.7 Å². The van der Waals surface area contributed by atoms with Crippen molar-refractivity contribution in [1.29, 1.82) is 0 Å². The molecule has 1 amide bonds. The molecular weight excluding hydrogens is 200 g/mol. The van der Waals surface area contributed by atoms with Gasteiger partial charge in [-0.3, -0.25) is 4.79 Å². The van der Waals surface area contributed by atoms with Crippen LogP contribution in [0.2, 0.25) is 0 Å². The number of carbonyl (C=O) groups excluding carboxylic acids is 1. The van der Waals surface area contributed by atoms with Crippen molar-refractivity contribution in [2.24, 2.45) is 5.92 Å². The van der Waals surface area contributed by atoms with Gasteiger partial charge in [0.2, 0.25) is 5.91 Å². The first-order valence-electron chi connectivity index (χ1n) is 4.87. The second-order valence-electron chi connectivity index (χ2n) is 3.29. The summed E-state index contributed by atoms with van der Waals surface area (Å²) in [5.41, 5.74) is 0. The van der Waals surface area contributed by atoms with Crippen LogP contribution in [0.4, 0.5) is 0 Å². The highest BCUT2D eigenvalue weighted by Gasteiger charge is 2.21. The molecule has 0 aliphatic heterocycles. The molecular formula is C9H18N2O4. The summed E-state index contributed by atoms with van der Waals surface area (Å²) in [6.07, 6.45) is 0. The molecule has 15 heavy (non-hydrogen) atoms. The SMILES string of the molecule is CCNCC(C)C(=O)NC(CO)C(=O)O. The van der Waals surface area contributed by atoms with E-state index < -0.39 is 18.6 Å². The minimum absolute atomic E-state index is 0.321. The van der Waals surface area contributed by atoms with E-state index >= 15 is 0 Å². The molecule has 0 aromatic carbocycles. The van der Waals surface area contributed by atoms with Crippen LogP contribution in [-0.2, 0) is 9.59 Å². The van der Waals surface area contributed by atoms with Gasteiger partial charge >= 0.3 is 5.97 Å². The molecule has 0 bridgehead atoms. The van der Waals surface area contributed by atoms with Gasteiger partial charge in [-0.1, -0.05) is 13.8 Å². The van der Waals surface area contributed by atoms with Crippen molar-refractivity contribution in [3.63, 3.8) is 0 Å². The number of hydrogen-bond donors (Lipinski definition) is 4. The number of amides is 1. The zero-order valence-corrected chi connectivity index (χ0v) is 8.99. The van der Waals surface area contributed by atoms with Crippen molar-refractivity contribution in [3.05, 3.63) is 0 Å². The molecule has 0 aromatic heterocycles. The van der Waals surface area contributed by atoms with E-state index in [1.54, 1.807) is 6.92 Å². The number of carboxylic acid groups (broad SMARTS) is 1. The van der Waals surface area contributed by atoms with Crippen LogP contribution in [0.15, 0.2) is 0 Å². The van der Waals surface area contributed by atoms with Crippen LogP contribution in [0.5, 0.6) is 0 Å². The number of aliphatic hydroxyl groups excluding tert-OH is 1. The van der Waals surface area contributed by atoms with Crippen molar-refractivity contribution < 1.29 is 19.8 Å². The Kier molecular flexibility index (Phi) is 6.64. The normalized spacial score (nSPS) is 14.3. The summed E-state index contributed by atoms with van der Waals surface area (Å²) in [4.78, 5) is 21.9. The fourth-order valence-electron chi connectivity index (χ4n) is 0.953. The van der Waals surface area contributed by atoms with E-state index in [1.807, 2.05) is 6.92 Å². The van der Waals surface area contributed by atoms with Crippen molar-refractivity contribution >= 4 is 11.9 Å². The number of aliphatic hydroxyl groups is 1. The largest absolute Gasteiger partial charge is 0.480 e. The lowest BCUT2D eigenvalue weighted by molar-refractivity contribution is -0.143. The zero-order valence-electron chi connectivity index (χ0n) is 8.99. The summed E-state index contributed by atoms with van der Waals surface area (Å²) in [6.45, 7) is 4.24. The standard InChI is InChI=1S/C9H18N2O4/c1-3-10-4-6(2)8(13)11-7(5-12)9(14)15/h6-7,10,12H,3-5H2,1-2H3,(H,11,13)(H,14,15). The van der Waals surface area contributed by atoms with Crippen LogP contribution in [-0.4, -0.2) is 47.8 Å². The number of carboxylic acids is 1. The van der Waals surface area contributed by atoms with Gasteiger partial charge in [-0.2, -0.15) is 0 Å². The van der Waals surface area contributed by atoms with Gasteiger partial charge in [0.15, 0.2) is 0 Å². The van der Waals surface area contributed by atoms with Gasteiger partial charge in [0.1, 0.15) is 6.04 Å². The van der Waals surface area contributed by atoms with E-state index in [0.29, 0.717) is 6.54 Å². The number of nitrogens with one attached hydrogen (secondary N) is 2. The molecule has 0 rings (SSSR count). The molecule has 0 spiro atoms. The average Bonchev–Trinajstić information content (AvgIpc) is 2.21. The Labute approximate surface area is 88.7 Å². The molecule has 0 saturated heterocycles. The number of hydrogen-bond acceptors (Lipinski definition) is 4. The molecule has 0 saturated carbocycles. The Morgan fingerprint density at radius 1 is 1.40 bits per heavy atom. The molecule has 6 nitrogen and oxygen atoms in total. The highest BCUT2D eigenvalue weighted by molar-refractivity contribution is 5.84. The fourth-order valence-corrected chi connectivity index (χ4v) is 0.953. The first-order chi connectivity index (χ1) is 7.02. The van der Waals surface area contributed by atoms with Gasteiger partial charge in [-0.05, 0) is 6.54 Å². The molecule has 0 aliphatic rings. The van der Waals surface area contributed by atoms with Gasteiger partial charge in [0.25, 0.3) is 0 Å². The van der Waals surface area contributed by atoms with Gasteiger partial charge in [0, 0.05) is 12.5 Å². The minimum atomic E-state index is -1.23. The van der Waals surface area contributed by atoms with E-state index in [-0.39, 0.29) is 11.8 Å². The Morgan fingerprint density at radius 2 is 2.00 bits per heavy atom. The summed E-state index contributed by atoms with van der Waals surface area (Å²) >= 11 is 0. The van der Waals surface area contributed by atoms with Crippen LogP contribution >= 0.6 is 0 Å². The Balaban J connectivity index is 4.04. The second kappa shape index (κ2) is 7.19. The maximum absolute atomic E-state index is 11.4. The molecule has 0 heterocycles. The van der Waals surface area contributed by atoms with Crippen LogP contribution in [0, 0.1) is 5.92 Å². The van der Waals surface area contributed by atoms with E-state index in [0.717, 1.165) is 6.54 Å². The molecule has 6 heteroatoms. The van der Waals surface area contributed by atoms with E-state index in [4.69, 9.17) is 10.2 Å². The maximum Gasteiger partial charge on any atom is 0.328 e. The van der Waals surface area contributed by atoms with Crippen molar-refractivity contribution in [1.82, 2.24) is 10.6 Å². The Bertz CT molecular complexity index is 220. The molecule has 0 fully saturated rings. The lowest BCUT2D eigenvalue weighted by Gasteiger charge is -2.16.